The quantitative estimate of drug-likeness (QED) is 0.747. The van der Waals surface area contributed by atoms with Crippen LogP contribution < -0.4 is 10.1 Å². The lowest BCUT2D eigenvalue weighted by atomic mass is 9.96. The number of nitrogens with one attached hydrogen (secondary N) is 2. The third-order valence-electron chi connectivity index (χ3n) is 4.22. The number of carbonyl (C=O) groups is 1. The predicted octanol–water partition coefficient (Wildman–Crippen LogP) is 3.26. The Morgan fingerprint density at radius 1 is 1.44 bits per heavy atom. The number of alkyl halides is 2. The fraction of sp³-hybridized carbons (Fsp3) is 0.438. The molecule has 5 nitrogen and oxygen atoms in total. The van der Waals surface area contributed by atoms with E-state index in [1.807, 2.05) is 0 Å². The Hall–Kier alpha value is -1.57. The second kappa shape index (κ2) is 6.63. The van der Waals surface area contributed by atoms with Crippen molar-refractivity contribution in [2.45, 2.75) is 25.2 Å². The Kier molecular flexibility index (Phi) is 4.83. The van der Waals surface area contributed by atoms with E-state index in [4.69, 9.17) is 33.0 Å². The lowest BCUT2D eigenvalue weighted by Crippen LogP contribution is -2.29. The van der Waals surface area contributed by atoms with Crippen LogP contribution in [0.25, 0.3) is 10.9 Å². The monoisotopic (exact) mass is 392 g/mol. The zero-order valence-electron chi connectivity index (χ0n) is 13.3. The number of halogens is 4. The molecule has 1 unspecified atom stereocenters. The lowest BCUT2D eigenvalue weighted by molar-refractivity contribution is -0.121. The molecule has 0 radical (unpaired) electrons. The molecular formula is C16H16Cl2F2N2O3. The maximum absolute atomic E-state index is 13.4. The first-order valence-electron chi connectivity index (χ1n) is 7.67. The van der Waals surface area contributed by atoms with Gasteiger partial charge in [-0.25, -0.2) is 8.78 Å². The van der Waals surface area contributed by atoms with Crippen molar-refractivity contribution in [2.24, 2.45) is 0 Å². The van der Waals surface area contributed by atoms with E-state index < -0.39 is 25.1 Å². The Bertz CT molecular complexity index is 839. The van der Waals surface area contributed by atoms with Crippen LogP contribution in [0.15, 0.2) is 6.07 Å². The highest BCUT2D eigenvalue weighted by Crippen LogP contribution is 2.43. The number of aromatic amines is 1. The Morgan fingerprint density at radius 2 is 2.16 bits per heavy atom. The minimum absolute atomic E-state index is 0.0941. The average Bonchev–Trinajstić information content (AvgIpc) is 2.89. The van der Waals surface area contributed by atoms with E-state index in [-0.39, 0.29) is 21.7 Å². The summed E-state index contributed by atoms with van der Waals surface area (Å²) in [6, 6.07) is 1.35. The van der Waals surface area contributed by atoms with Crippen molar-refractivity contribution in [1.29, 1.82) is 0 Å². The molecule has 2 heterocycles. The number of hydrogen-bond acceptors (Lipinski definition) is 3. The van der Waals surface area contributed by atoms with Crippen LogP contribution in [0, 0.1) is 0 Å². The van der Waals surface area contributed by atoms with Gasteiger partial charge < -0.3 is 20.1 Å². The molecule has 9 heteroatoms. The molecule has 0 saturated heterocycles. The number of aliphatic hydroxyl groups is 1. The van der Waals surface area contributed by atoms with Gasteiger partial charge in [-0.3, -0.25) is 4.79 Å². The fourth-order valence-electron chi connectivity index (χ4n) is 2.97. The van der Waals surface area contributed by atoms with Crippen LogP contribution in [0.1, 0.15) is 24.1 Å². The molecule has 1 aliphatic heterocycles. The Balaban J connectivity index is 2.18. The first-order valence-corrected chi connectivity index (χ1v) is 8.42. The van der Waals surface area contributed by atoms with Gasteiger partial charge in [0.05, 0.1) is 21.5 Å². The summed E-state index contributed by atoms with van der Waals surface area (Å²) < 4.78 is 32.0. The van der Waals surface area contributed by atoms with Gasteiger partial charge in [0, 0.05) is 30.1 Å². The Labute approximate surface area is 152 Å². The third-order valence-corrected chi connectivity index (χ3v) is 5.01. The molecule has 1 atom stereocenters. The van der Waals surface area contributed by atoms with Crippen molar-refractivity contribution >= 4 is 40.0 Å². The first-order chi connectivity index (χ1) is 11.7. The highest BCUT2D eigenvalue weighted by atomic mass is 35.5. The van der Waals surface area contributed by atoms with Crippen molar-refractivity contribution < 1.29 is 23.4 Å². The van der Waals surface area contributed by atoms with E-state index in [9.17, 15) is 13.6 Å². The molecule has 25 heavy (non-hydrogen) atoms. The Morgan fingerprint density at radius 3 is 2.84 bits per heavy atom. The molecule has 0 aliphatic carbocycles. The van der Waals surface area contributed by atoms with Crippen LogP contribution in [0.2, 0.25) is 10.0 Å². The van der Waals surface area contributed by atoms with E-state index in [0.29, 0.717) is 29.4 Å². The van der Waals surface area contributed by atoms with Gasteiger partial charge in [-0.05, 0) is 12.5 Å². The summed E-state index contributed by atoms with van der Waals surface area (Å²) in [5, 5.41) is 12.3. The van der Waals surface area contributed by atoms with Crippen molar-refractivity contribution in [3.63, 3.8) is 0 Å². The molecule has 0 fully saturated rings. The van der Waals surface area contributed by atoms with E-state index in [1.165, 1.54) is 6.07 Å². The molecule has 0 bridgehead atoms. The van der Waals surface area contributed by atoms with Crippen LogP contribution in [0.4, 0.5) is 8.78 Å². The van der Waals surface area contributed by atoms with E-state index in [1.54, 1.807) is 6.92 Å². The molecule has 2 aromatic rings. The zero-order chi connectivity index (χ0) is 18.4. The highest BCUT2D eigenvalue weighted by Gasteiger charge is 2.32. The SMILES string of the molecule is CC1C(=O)NCCc2[nH]c3c(Cl)c(Cl)cc(OCC(F)(F)CO)c3c21. The molecule has 3 N–H and O–H groups in total. The molecule has 0 saturated carbocycles. The molecule has 1 aromatic carbocycles. The standard InChI is InChI=1S/C16H16Cl2F2N2O3/c1-7-11-9(2-3-21-15(7)24)22-14-12(11)10(4-8(17)13(14)18)25-6-16(19,20)5-23/h4,7,22-23H,2-3,5-6H2,1H3,(H,21,24). The van der Waals surface area contributed by atoms with Crippen molar-refractivity contribution in [1.82, 2.24) is 10.3 Å². The van der Waals surface area contributed by atoms with Crippen molar-refractivity contribution in [2.75, 3.05) is 19.8 Å². The zero-order valence-corrected chi connectivity index (χ0v) is 14.8. The second-order valence-electron chi connectivity index (χ2n) is 6.00. The van der Waals surface area contributed by atoms with Gasteiger partial charge in [0.2, 0.25) is 5.91 Å². The van der Waals surface area contributed by atoms with E-state index >= 15 is 0 Å². The lowest BCUT2D eigenvalue weighted by Gasteiger charge is -2.17. The number of H-pyrrole nitrogens is 1. The van der Waals surface area contributed by atoms with Gasteiger partial charge in [-0.1, -0.05) is 23.2 Å². The second-order valence-corrected chi connectivity index (χ2v) is 6.79. The molecule has 3 rings (SSSR count). The van der Waals surface area contributed by atoms with Gasteiger partial charge >= 0.3 is 5.92 Å². The number of amides is 1. The fourth-order valence-corrected chi connectivity index (χ4v) is 3.36. The van der Waals surface area contributed by atoms with Crippen LogP contribution in [0.5, 0.6) is 5.75 Å². The maximum atomic E-state index is 13.4. The largest absolute Gasteiger partial charge is 0.486 e. The van der Waals surface area contributed by atoms with Crippen LogP contribution in [-0.4, -0.2) is 41.7 Å². The van der Waals surface area contributed by atoms with Crippen molar-refractivity contribution in [3.8, 4) is 5.75 Å². The number of aliphatic hydroxyl groups excluding tert-OH is 1. The molecule has 1 aliphatic rings. The van der Waals surface area contributed by atoms with Gasteiger partial charge in [0.15, 0.2) is 6.61 Å². The summed E-state index contributed by atoms with van der Waals surface area (Å²) in [6.45, 7) is -0.173. The van der Waals surface area contributed by atoms with Gasteiger partial charge in [0.25, 0.3) is 0 Å². The summed E-state index contributed by atoms with van der Waals surface area (Å²) >= 11 is 12.3. The third kappa shape index (κ3) is 3.28. The molecular weight excluding hydrogens is 377 g/mol. The molecule has 0 spiro atoms. The number of hydrogen-bond donors (Lipinski definition) is 3. The topological polar surface area (TPSA) is 74.4 Å². The number of aromatic nitrogens is 1. The molecule has 136 valence electrons. The van der Waals surface area contributed by atoms with E-state index in [2.05, 4.69) is 10.3 Å². The first kappa shape index (κ1) is 18.2. The predicted molar refractivity (Wildman–Crippen MR) is 91.0 cm³/mol. The normalized spacial score (nSPS) is 18.0. The summed E-state index contributed by atoms with van der Waals surface area (Å²) in [5.41, 5.74) is 1.89. The molecule has 1 amide bonds. The van der Waals surface area contributed by atoms with Gasteiger partial charge in [-0.15, -0.1) is 0 Å². The number of carbonyl (C=O) groups excluding carboxylic acids is 1. The summed E-state index contributed by atoms with van der Waals surface area (Å²) in [6.07, 6.45) is 0.542. The smallest absolute Gasteiger partial charge is 0.303 e. The minimum atomic E-state index is -3.39. The average molecular weight is 393 g/mol. The molecule has 1 aromatic heterocycles. The number of rotatable bonds is 4. The highest BCUT2D eigenvalue weighted by molar-refractivity contribution is 6.45. The maximum Gasteiger partial charge on any atom is 0.303 e. The van der Waals surface area contributed by atoms with Crippen molar-refractivity contribution in [3.05, 3.63) is 27.4 Å². The summed E-state index contributed by atoms with van der Waals surface area (Å²) in [7, 11) is 0. The number of benzene rings is 1. The minimum Gasteiger partial charge on any atom is -0.486 e. The van der Waals surface area contributed by atoms with Crippen LogP contribution in [-0.2, 0) is 11.2 Å². The summed E-state index contributed by atoms with van der Waals surface area (Å²) in [4.78, 5) is 15.3. The van der Waals surface area contributed by atoms with Gasteiger partial charge in [-0.2, -0.15) is 0 Å². The summed E-state index contributed by atoms with van der Waals surface area (Å²) in [5.74, 6) is -3.98. The number of fused-ring (bicyclic) bond motifs is 3. The number of ether oxygens (including phenoxy) is 1. The van der Waals surface area contributed by atoms with Crippen LogP contribution >= 0.6 is 23.2 Å². The van der Waals surface area contributed by atoms with Gasteiger partial charge in [0.1, 0.15) is 12.4 Å². The van der Waals surface area contributed by atoms with E-state index in [0.717, 1.165) is 5.69 Å². The van der Waals surface area contributed by atoms with Crippen LogP contribution in [0.3, 0.4) is 0 Å².